The molecule has 0 unspecified atom stereocenters. The number of halogens is 2. The third-order valence-corrected chi connectivity index (χ3v) is 6.56. The number of nitrogens with one attached hydrogen (secondary N) is 2. The molecule has 5 rings (SSSR count). The van der Waals surface area contributed by atoms with E-state index in [9.17, 15) is 23.5 Å². The second kappa shape index (κ2) is 9.46. The summed E-state index contributed by atoms with van der Waals surface area (Å²) in [6, 6.07) is 8.68. The van der Waals surface area contributed by atoms with Crippen LogP contribution in [0.2, 0.25) is 0 Å². The van der Waals surface area contributed by atoms with Gasteiger partial charge in [-0.3, -0.25) is 9.20 Å². The van der Waals surface area contributed by atoms with Gasteiger partial charge in [0.1, 0.15) is 12.0 Å². The lowest BCUT2D eigenvalue weighted by molar-refractivity contribution is 0.0695. The van der Waals surface area contributed by atoms with Crippen molar-refractivity contribution in [3.05, 3.63) is 99.8 Å². The van der Waals surface area contributed by atoms with Crippen molar-refractivity contribution < 1.29 is 23.5 Å². The summed E-state index contributed by atoms with van der Waals surface area (Å²) in [6.07, 6.45) is 4.65. The molecular weight excluding hydrogens is 468 g/mol. The first kappa shape index (κ1) is 23.6. The summed E-state index contributed by atoms with van der Waals surface area (Å²) in [5, 5.41) is 15.6. The normalized spacial score (nSPS) is 14.7. The van der Waals surface area contributed by atoms with Gasteiger partial charge in [-0.2, -0.15) is 0 Å². The molecule has 2 aromatic heterocycles. The molecule has 0 bridgehead atoms. The summed E-state index contributed by atoms with van der Waals surface area (Å²) in [7, 11) is 0. The quantitative estimate of drug-likeness (QED) is 0.364. The third kappa shape index (κ3) is 4.42. The number of hydrogen-bond acceptors (Lipinski definition) is 5. The molecule has 1 aliphatic carbocycles. The van der Waals surface area contributed by atoms with Crippen LogP contribution in [0.4, 0.5) is 8.78 Å². The molecule has 3 N–H and O–H groups in total. The van der Waals surface area contributed by atoms with E-state index in [0.717, 1.165) is 41.7 Å². The van der Waals surface area contributed by atoms with Crippen LogP contribution in [-0.2, 0) is 19.5 Å². The van der Waals surface area contributed by atoms with E-state index >= 15 is 0 Å². The Balaban J connectivity index is 1.32. The van der Waals surface area contributed by atoms with E-state index < -0.39 is 23.5 Å². The molecule has 8 nitrogen and oxygen atoms in total. The van der Waals surface area contributed by atoms with Crippen molar-refractivity contribution in [2.24, 2.45) is 0 Å². The van der Waals surface area contributed by atoms with Crippen molar-refractivity contribution in [2.45, 2.75) is 38.9 Å². The van der Waals surface area contributed by atoms with Crippen LogP contribution in [0, 0.1) is 18.6 Å². The van der Waals surface area contributed by atoms with Crippen LogP contribution in [0.25, 0.3) is 5.65 Å². The molecule has 1 atom stereocenters. The fraction of sp³-hybridized carbons (Fsp3) is 0.231. The molecule has 0 saturated heterocycles. The fourth-order valence-corrected chi connectivity index (χ4v) is 4.70. The number of carboxylic acids is 1. The zero-order valence-corrected chi connectivity index (χ0v) is 19.4. The predicted molar refractivity (Wildman–Crippen MR) is 127 cm³/mol. The Morgan fingerprint density at radius 1 is 1.14 bits per heavy atom. The smallest absolute Gasteiger partial charge is 0.335 e. The van der Waals surface area contributed by atoms with Gasteiger partial charge in [-0.25, -0.2) is 23.5 Å². The first-order valence-electron chi connectivity index (χ1n) is 11.4. The topological polar surface area (TPSA) is 109 Å². The van der Waals surface area contributed by atoms with Crippen molar-refractivity contribution in [3.8, 4) is 0 Å². The van der Waals surface area contributed by atoms with Gasteiger partial charge in [-0.1, -0.05) is 12.1 Å². The largest absolute Gasteiger partial charge is 0.478 e. The lowest BCUT2D eigenvalue weighted by atomic mass is 9.98. The summed E-state index contributed by atoms with van der Waals surface area (Å²) in [4.78, 5) is 33.1. The van der Waals surface area contributed by atoms with Crippen LogP contribution in [0.5, 0.6) is 0 Å². The molecule has 184 valence electrons. The highest BCUT2D eigenvalue weighted by molar-refractivity contribution is 5.93. The van der Waals surface area contributed by atoms with Gasteiger partial charge < -0.3 is 15.7 Å². The number of benzene rings is 2. The van der Waals surface area contributed by atoms with Gasteiger partial charge in [0.2, 0.25) is 0 Å². The van der Waals surface area contributed by atoms with Crippen molar-refractivity contribution in [1.82, 2.24) is 25.0 Å². The average molecular weight is 491 g/mol. The molecule has 0 fully saturated rings. The summed E-state index contributed by atoms with van der Waals surface area (Å²) >= 11 is 0. The zero-order valence-electron chi connectivity index (χ0n) is 19.4. The summed E-state index contributed by atoms with van der Waals surface area (Å²) in [5.41, 5.74) is 5.13. The number of aromatic nitrogens is 3. The highest BCUT2D eigenvalue weighted by Crippen LogP contribution is 2.34. The number of carbonyl (C=O) groups is 2. The summed E-state index contributed by atoms with van der Waals surface area (Å²) in [6.45, 7) is 2.25. The van der Waals surface area contributed by atoms with E-state index in [4.69, 9.17) is 0 Å². The molecule has 1 amide bonds. The van der Waals surface area contributed by atoms with Gasteiger partial charge in [-0.15, -0.1) is 0 Å². The third-order valence-electron chi connectivity index (χ3n) is 6.56. The number of rotatable bonds is 7. The number of hydrogen-bond donors (Lipinski definition) is 3. The van der Waals surface area contributed by atoms with E-state index in [1.807, 2.05) is 13.0 Å². The number of carboxylic acid groups (broad SMARTS) is 1. The maximum absolute atomic E-state index is 13.5. The van der Waals surface area contributed by atoms with E-state index in [0.29, 0.717) is 34.7 Å². The van der Waals surface area contributed by atoms with Gasteiger partial charge in [0.15, 0.2) is 17.3 Å². The molecule has 4 aromatic rings. The molecular formula is C26H23F2N5O3. The van der Waals surface area contributed by atoms with Crippen LogP contribution >= 0.6 is 0 Å². The monoisotopic (exact) mass is 491 g/mol. The molecule has 0 saturated carbocycles. The van der Waals surface area contributed by atoms with Gasteiger partial charge >= 0.3 is 5.97 Å². The fourth-order valence-electron chi connectivity index (χ4n) is 4.70. The number of fused-ring (bicyclic) bond motifs is 2. The Morgan fingerprint density at radius 2 is 1.97 bits per heavy atom. The Kier molecular flexibility index (Phi) is 6.19. The molecule has 2 heterocycles. The predicted octanol–water partition coefficient (Wildman–Crippen LogP) is 3.72. The minimum absolute atomic E-state index is 0.0265. The number of imidazole rings is 1. The van der Waals surface area contributed by atoms with Crippen LogP contribution in [0.15, 0.2) is 48.9 Å². The number of amides is 1. The molecule has 0 spiro atoms. The van der Waals surface area contributed by atoms with Crippen LogP contribution in [0.1, 0.15) is 61.3 Å². The highest BCUT2D eigenvalue weighted by atomic mass is 19.2. The minimum atomic E-state index is -0.973. The molecule has 36 heavy (non-hydrogen) atoms. The number of nitrogens with zero attached hydrogens (tertiary/aromatic N) is 3. The zero-order chi connectivity index (χ0) is 25.4. The minimum Gasteiger partial charge on any atom is -0.478 e. The molecule has 2 aromatic carbocycles. The standard InChI is InChI=1S/C26H23F2N5O3/c1-14-17-5-7-22(19(17)4-3-18(14)26(35)36)30-11-16-9-23(33-13-29-12-24(33)32-16)25(34)31-10-15-2-6-20(27)21(28)8-15/h2-4,6,8-9,12-13,22,30H,5,7,10-11H2,1H3,(H,31,34)(H,35,36)/t22-/m0/s1. The lowest BCUT2D eigenvalue weighted by Crippen LogP contribution is -2.26. The van der Waals surface area contributed by atoms with Crippen molar-refractivity contribution in [1.29, 1.82) is 0 Å². The Morgan fingerprint density at radius 3 is 2.75 bits per heavy atom. The van der Waals surface area contributed by atoms with E-state index in [-0.39, 0.29) is 12.6 Å². The second-order valence-corrected chi connectivity index (χ2v) is 8.77. The van der Waals surface area contributed by atoms with Crippen molar-refractivity contribution in [3.63, 3.8) is 0 Å². The van der Waals surface area contributed by atoms with Gasteiger partial charge in [0.25, 0.3) is 5.91 Å². The number of carbonyl (C=O) groups excluding carboxylic acids is 1. The lowest BCUT2D eigenvalue weighted by Gasteiger charge is -2.16. The first-order chi connectivity index (χ1) is 17.3. The van der Waals surface area contributed by atoms with Gasteiger partial charge in [-0.05, 0) is 66.3 Å². The molecule has 1 aliphatic rings. The summed E-state index contributed by atoms with van der Waals surface area (Å²) < 4.78 is 28.2. The maximum Gasteiger partial charge on any atom is 0.335 e. The SMILES string of the molecule is Cc1c(C(=O)O)ccc2c1CC[C@@H]2NCc1cc(C(=O)NCc2ccc(F)c(F)c2)n2cncc2n1. The van der Waals surface area contributed by atoms with Crippen molar-refractivity contribution in [2.75, 3.05) is 0 Å². The molecule has 10 heteroatoms. The van der Waals surface area contributed by atoms with Gasteiger partial charge in [0, 0.05) is 19.1 Å². The van der Waals surface area contributed by atoms with Crippen LogP contribution in [-0.4, -0.2) is 31.4 Å². The molecule has 0 radical (unpaired) electrons. The Hall–Kier alpha value is -4.18. The van der Waals surface area contributed by atoms with E-state index in [1.165, 1.54) is 12.4 Å². The van der Waals surface area contributed by atoms with Gasteiger partial charge in [0.05, 0.1) is 17.5 Å². The Bertz CT molecular complexity index is 1500. The van der Waals surface area contributed by atoms with E-state index in [2.05, 4.69) is 20.6 Å². The summed E-state index contributed by atoms with van der Waals surface area (Å²) in [5.74, 6) is -3.26. The molecule has 0 aliphatic heterocycles. The average Bonchev–Trinajstić information content (AvgIpc) is 3.50. The first-order valence-corrected chi connectivity index (χ1v) is 11.4. The maximum atomic E-state index is 13.5. The number of aromatic carboxylic acids is 1. The Labute approximate surface area is 205 Å². The van der Waals surface area contributed by atoms with Crippen LogP contribution in [0.3, 0.4) is 0 Å². The van der Waals surface area contributed by atoms with Crippen molar-refractivity contribution >= 4 is 17.5 Å². The van der Waals surface area contributed by atoms with Crippen LogP contribution < -0.4 is 10.6 Å². The second-order valence-electron chi connectivity index (χ2n) is 8.77. The highest BCUT2D eigenvalue weighted by Gasteiger charge is 2.26. The van der Waals surface area contributed by atoms with E-state index in [1.54, 1.807) is 22.7 Å².